The van der Waals surface area contributed by atoms with Gasteiger partial charge in [0, 0.05) is 11.6 Å². The van der Waals surface area contributed by atoms with Crippen LogP contribution in [0.3, 0.4) is 0 Å². The summed E-state index contributed by atoms with van der Waals surface area (Å²) in [6.45, 7) is 0.330. The fourth-order valence-electron chi connectivity index (χ4n) is 2.37. The van der Waals surface area contributed by atoms with Crippen molar-refractivity contribution in [3.63, 3.8) is 0 Å². The molecule has 1 aliphatic heterocycles. The topological polar surface area (TPSA) is 133 Å². The molecule has 1 aromatic carbocycles. The van der Waals surface area contributed by atoms with Gasteiger partial charge in [-0.05, 0) is 25.1 Å². The average Bonchev–Trinajstić information content (AvgIpc) is 3.35. The first-order valence-corrected chi connectivity index (χ1v) is 8.16. The van der Waals surface area contributed by atoms with Crippen molar-refractivity contribution in [3.8, 4) is 11.5 Å². The Labute approximate surface area is 158 Å². The Balaban J connectivity index is 1.51. The van der Waals surface area contributed by atoms with Gasteiger partial charge in [0.15, 0.2) is 29.6 Å². The molecule has 2 amide bonds. The van der Waals surface area contributed by atoms with E-state index in [4.69, 9.17) is 18.6 Å². The number of rotatable bonds is 7. The van der Waals surface area contributed by atoms with Gasteiger partial charge in [-0.1, -0.05) is 0 Å². The summed E-state index contributed by atoms with van der Waals surface area (Å²) in [4.78, 5) is 47.1. The lowest BCUT2D eigenvalue weighted by atomic mass is 10.1. The Morgan fingerprint density at radius 2 is 1.89 bits per heavy atom. The molecular formula is C18H16N2O8. The lowest BCUT2D eigenvalue weighted by Crippen LogP contribution is -2.32. The highest BCUT2D eigenvalue weighted by Crippen LogP contribution is 2.37. The quantitative estimate of drug-likeness (QED) is 0.533. The molecule has 0 bridgehead atoms. The Bertz CT molecular complexity index is 920. The molecule has 0 radical (unpaired) electrons. The number of Topliss-reactive ketones (excluding diaryl/α,β-unsaturated/α-hetero) is 1. The van der Waals surface area contributed by atoms with Gasteiger partial charge in [0.05, 0.1) is 12.0 Å². The van der Waals surface area contributed by atoms with E-state index < -0.39 is 30.9 Å². The lowest BCUT2D eigenvalue weighted by molar-refractivity contribution is -0.146. The number of furan rings is 1. The number of anilines is 1. The van der Waals surface area contributed by atoms with E-state index in [1.165, 1.54) is 37.5 Å². The number of ether oxygens (including phenoxy) is 3. The van der Waals surface area contributed by atoms with E-state index in [0.717, 1.165) is 0 Å². The summed E-state index contributed by atoms with van der Waals surface area (Å²) in [6, 6.07) is 5.90. The first kappa shape index (κ1) is 19.0. The predicted octanol–water partition coefficient (Wildman–Crippen LogP) is 1.12. The summed E-state index contributed by atoms with van der Waals surface area (Å²) in [5, 5.41) is 4.79. The SMILES string of the molecule is CC(=O)c1cc2c(cc1NC(=O)COC(=O)CNC(=O)c1ccco1)OCO2. The first-order valence-electron chi connectivity index (χ1n) is 8.16. The zero-order valence-electron chi connectivity index (χ0n) is 14.8. The van der Waals surface area contributed by atoms with Gasteiger partial charge in [0.1, 0.15) is 6.54 Å². The number of carbonyl (C=O) groups is 4. The Kier molecular flexibility index (Phi) is 5.58. The second kappa shape index (κ2) is 8.25. The molecule has 0 aliphatic carbocycles. The van der Waals surface area contributed by atoms with Crippen molar-refractivity contribution in [2.24, 2.45) is 0 Å². The van der Waals surface area contributed by atoms with Crippen LogP contribution in [0.1, 0.15) is 27.8 Å². The van der Waals surface area contributed by atoms with Crippen molar-refractivity contribution in [1.29, 1.82) is 0 Å². The standard InChI is InChI=1S/C18H16N2O8/c1-10(21)11-5-14-15(28-9-27-14)6-12(11)20-16(22)8-26-17(23)7-19-18(24)13-3-2-4-25-13/h2-6H,7-9H2,1H3,(H,19,24)(H,20,22). The highest BCUT2D eigenvalue weighted by molar-refractivity contribution is 6.05. The number of benzene rings is 1. The number of esters is 1. The molecule has 1 aliphatic rings. The van der Waals surface area contributed by atoms with Crippen molar-refractivity contribution in [1.82, 2.24) is 5.32 Å². The zero-order valence-corrected chi connectivity index (χ0v) is 14.8. The number of ketones is 1. The molecule has 2 heterocycles. The molecule has 28 heavy (non-hydrogen) atoms. The Hall–Kier alpha value is -3.82. The first-order chi connectivity index (χ1) is 13.4. The average molecular weight is 388 g/mol. The minimum Gasteiger partial charge on any atom is -0.459 e. The number of fused-ring (bicyclic) bond motifs is 1. The second-order valence-corrected chi connectivity index (χ2v) is 5.68. The van der Waals surface area contributed by atoms with Crippen LogP contribution in [-0.2, 0) is 14.3 Å². The van der Waals surface area contributed by atoms with Crippen LogP contribution < -0.4 is 20.1 Å². The van der Waals surface area contributed by atoms with E-state index in [1.807, 2.05) is 0 Å². The molecule has 10 heteroatoms. The van der Waals surface area contributed by atoms with Crippen LogP contribution in [0.15, 0.2) is 34.9 Å². The summed E-state index contributed by atoms with van der Waals surface area (Å²) in [7, 11) is 0. The molecule has 0 spiro atoms. The van der Waals surface area contributed by atoms with Crippen molar-refractivity contribution in [2.45, 2.75) is 6.92 Å². The van der Waals surface area contributed by atoms with E-state index in [2.05, 4.69) is 10.6 Å². The van der Waals surface area contributed by atoms with E-state index in [1.54, 1.807) is 0 Å². The van der Waals surface area contributed by atoms with Crippen LogP contribution >= 0.6 is 0 Å². The summed E-state index contributed by atoms with van der Waals surface area (Å²) < 4.78 is 20.1. The highest BCUT2D eigenvalue weighted by Gasteiger charge is 2.21. The maximum absolute atomic E-state index is 12.0. The highest BCUT2D eigenvalue weighted by atomic mass is 16.7. The zero-order chi connectivity index (χ0) is 20.1. The van der Waals surface area contributed by atoms with E-state index in [-0.39, 0.29) is 29.6 Å². The summed E-state index contributed by atoms with van der Waals surface area (Å²) >= 11 is 0. The van der Waals surface area contributed by atoms with Crippen LogP contribution in [0.25, 0.3) is 0 Å². The van der Waals surface area contributed by atoms with Crippen LogP contribution in [-0.4, -0.2) is 43.5 Å². The minimum atomic E-state index is -0.812. The van der Waals surface area contributed by atoms with Crippen LogP contribution in [0.5, 0.6) is 11.5 Å². The fraction of sp³-hybridized carbons (Fsp3) is 0.222. The number of nitrogens with one attached hydrogen (secondary N) is 2. The van der Waals surface area contributed by atoms with Crippen LogP contribution in [0, 0.1) is 0 Å². The molecule has 10 nitrogen and oxygen atoms in total. The predicted molar refractivity (Wildman–Crippen MR) is 93.2 cm³/mol. The smallest absolute Gasteiger partial charge is 0.325 e. The third-order valence-corrected chi connectivity index (χ3v) is 3.67. The van der Waals surface area contributed by atoms with Crippen molar-refractivity contribution in [2.75, 3.05) is 25.3 Å². The van der Waals surface area contributed by atoms with Crippen LogP contribution in [0.4, 0.5) is 5.69 Å². The minimum absolute atomic E-state index is 0.0193. The largest absolute Gasteiger partial charge is 0.459 e. The summed E-state index contributed by atoms with van der Waals surface area (Å²) in [5.41, 5.74) is 0.443. The van der Waals surface area contributed by atoms with Gasteiger partial charge in [-0.2, -0.15) is 0 Å². The van der Waals surface area contributed by atoms with Gasteiger partial charge in [0.2, 0.25) is 6.79 Å². The molecule has 3 rings (SSSR count). The maximum Gasteiger partial charge on any atom is 0.325 e. The van der Waals surface area contributed by atoms with Gasteiger partial charge in [-0.25, -0.2) is 0 Å². The third-order valence-electron chi connectivity index (χ3n) is 3.67. The number of amides is 2. The van der Waals surface area contributed by atoms with Crippen molar-refractivity contribution in [3.05, 3.63) is 41.9 Å². The molecule has 0 atom stereocenters. The van der Waals surface area contributed by atoms with Gasteiger partial charge < -0.3 is 29.3 Å². The molecule has 0 unspecified atom stereocenters. The monoisotopic (exact) mass is 388 g/mol. The van der Waals surface area contributed by atoms with Crippen molar-refractivity contribution < 1.29 is 37.8 Å². The fourth-order valence-corrected chi connectivity index (χ4v) is 2.37. The van der Waals surface area contributed by atoms with E-state index >= 15 is 0 Å². The second-order valence-electron chi connectivity index (χ2n) is 5.68. The molecule has 2 aromatic rings. The van der Waals surface area contributed by atoms with E-state index in [0.29, 0.717) is 11.5 Å². The summed E-state index contributed by atoms with van der Waals surface area (Å²) in [5.74, 6) is -1.51. The normalized spacial score (nSPS) is 11.6. The molecular weight excluding hydrogens is 372 g/mol. The molecule has 0 saturated heterocycles. The van der Waals surface area contributed by atoms with Gasteiger partial charge >= 0.3 is 5.97 Å². The van der Waals surface area contributed by atoms with Crippen LogP contribution in [0.2, 0.25) is 0 Å². The van der Waals surface area contributed by atoms with Crippen molar-refractivity contribution >= 4 is 29.3 Å². The van der Waals surface area contributed by atoms with Gasteiger partial charge in [-0.3, -0.25) is 19.2 Å². The lowest BCUT2D eigenvalue weighted by Gasteiger charge is -2.11. The van der Waals surface area contributed by atoms with Gasteiger partial charge in [0.25, 0.3) is 11.8 Å². The number of carbonyl (C=O) groups excluding carboxylic acids is 4. The Morgan fingerprint density at radius 3 is 2.57 bits per heavy atom. The molecule has 1 aromatic heterocycles. The maximum atomic E-state index is 12.0. The molecule has 146 valence electrons. The third kappa shape index (κ3) is 4.47. The number of hydrogen-bond donors (Lipinski definition) is 2. The number of hydrogen-bond acceptors (Lipinski definition) is 8. The Morgan fingerprint density at radius 1 is 1.14 bits per heavy atom. The molecule has 0 saturated carbocycles. The molecule has 0 fully saturated rings. The van der Waals surface area contributed by atoms with Gasteiger partial charge in [-0.15, -0.1) is 0 Å². The molecule has 2 N–H and O–H groups in total. The van der Waals surface area contributed by atoms with E-state index in [9.17, 15) is 19.2 Å². The summed E-state index contributed by atoms with van der Waals surface area (Å²) in [6.07, 6.45) is 1.32.